The molecule has 1 aliphatic rings. The molecule has 13 heteroatoms. The van der Waals surface area contributed by atoms with E-state index in [0.717, 1.165) is 11.1 Å². The summed E-state index contributed by atoms with van der Waals surface area (Å²) >= 11 is 0. The lowest BCUT2D eigenvalue weighted by Crippen LogP contribution is -2.51. The number of likely N-dealkylation sites (tertiary alicyclic amines) is 1. The minimum Gasteiger partial charge on any atom is -0.481 e. The van der Waals surface area contributed by atoms with Gasteiger partial charge in [0.1, 0.15) is 6.04 Å². The predicted molar refractivity (Wildman–Crippen MR) is 170 cm³/mol. The van der Waals surface area contributed by atoms with E-state index in [1.807, 2.05) is 50.2 Å². The van der Waals surface area contributed by atoms with Gasteiger partial charge in [-0.25, -0.2) is 8.42 Å². The van der Waals surface area contributed by atoms with Gasteiger partial charge in [-0.05, 0) is 61.3 Å². The summed E-state index contributed by atoms with van der Waals surface area (Å²) in [6.45, 7) is 5.42. The Balaban J connectivity index is 1.66. The van der Waals surface area contributed by atoms with Crippen LogP contribution in [-0.2, 0) is 34.6 Å². The maximum atomic E-state index is 13.7. The molecule has 2 aromatic rings. The van der Waals surface area contributed by atoms with E-state index in [1.54, 1.807) is 17.0 Å². The molecule has 1 saturated heterocycles. The number of ether oxygens (including phenoxy) is 1. The number of hydrogen-bond donors (Lipinski definition) is 5. The summed E-state index contributed by atoms with van der Waals surface area (Å²) < 4.78 is 35.1. The number of amides is 1. The first-order chi connectivity index (χ1) is 21.3. The molecule has 0 unspecified atom stereocenters. The van der Waals surface area contributed by atoms with Crippen LogP contribution >= 0.6 is 0 Å². The molecule has 45 heavy (non-hydrogen) atoms. The summed E-state index contributed by atoms with van der Waals surface area (Å²) in [5, 5.41) is 18.8. The fourth-order valence-electron chi connectivity index (χ4n) is 5.37. The van der Waals surface area contributed by atoms with Crippen LogP contribution in [0.1, 0.15) is 69.9 Å². The summed E-state index contributed by atoms with van der Waals surface area (Å²) in [7, 11) is -4.07. The van der Waals surface area contributed by atoms with Crippen molar-refractivity contribution in [1.82, 2.24) is 14.9 Å². The Labute approximate surface area is 265 Å². The number of nitrogens with one attached hydrogen (secondary N) is 3. The third-order valence-electron chi connectivity index (χ3n) is 8.20. The molecule has 3 rings (SSSR count). The molecule has 246 valence electrons. The minimum atomic E-state index is -4.07. The Bertz CT molecular complexity index is 1420. The highest BCUT2D eigenvalue weighted by atomic mass is 32.2. The molecule has 1 amide bonds. The van der Waals surface area contributed by atoms with Gasteiger partial charge in [0.05, 0.1) is 24.3 Å². The van der Waals surface area contributed by atoms with Crippen molar-refractivity contribution >= 4 is 33.8 Å². The van der Waals surface area contributed by atoms with Crippen LogP contribution in [0, 0.1) is 11.3 Å². The van der Waals surface area contributed by atoms with E-state index in [1.165, 1.54) is 6.07 Å². The second-order valence-electron chi connectivity index (χ2n) is 11.8. The number of guanidine groups is 1. The first-order valence-electron chi connectivity index (χ1n) is 15.2. The number of rotatable bonds is 16. The van der Waals surface area contributed by atoms with Crippen molar-refractivity contribution in [2.24, 2.45) is 11.7 Å². The largest absolute Gasteiger partial charge is 0.481 e. The second kappa shape index (κ2) is 16.4. The van der Waals surface area contributed by atoms with Gasteiger partial charge < -0.3 is 25.8 Å². The van der Waals surface area contributed by atoms with Crippen molar-refractivity contribution < 1.29 is 32.6 Å². The molecule has 0 bridgehead atoms. The van der Waals surface area contributed by atoms with Gasteiger partial charge in [0.25, 0.3) is 0 Å². The highest BCUT2D eigenvalue weighted by Gasteiger charge is 2.32. The van der Waals surface area contributed by atoms with E-state index in [2.05, 4.69) is 10.0 Å². The van der Waals surface area contributed by atoms with Gasteiger partial charge in [-0.15, -0.1) is 0 Å². The number of hydrogen-bond acceptors (Lipinski definition) is 7. The molecule has 1 aliphatic heterocycles. The van der Waals surface area contributed by atoms with Crippen molar-refractivity contribution in [3.8, 4) is 0 Å². The third kappa shape index (κ3) is 10.9. The minimum absolute atomic E-state index is 0.0697. The van der Waals surface area contributed by atoms with Crippen molar-refractivity contribution in [1.29, 1.82) is 5.41 Å². The topological polar surface area (TPSA) is 192 Å². The molecule has 2 aromatic carbocycles. The zero-order valence-electron chi connectivity index (χ0n) is 26.0. The van der Waals surface area contributed by atoms with E-state index in [4.69, 9.17) is 21.0 Å². The Morgan fingerprint density at radius 2 is 1.73 bits per heavy atom. The lowest BCUT2D eigenvalue weighted by molar-refractivity contribution is -0.148. The van der Waals surface area contributed by atoms with Crippen LogP contribution in [0.3, 0.4) is 0 Å². The van der Waals surface area contributed by atoms with Gasteiger partial charge in [0.2, 0.25) is 15.9 Å². The van der Waals surface area contributed by atoms with Gasteiger partial charge >= 0.3 is 11.9 Å². The number of carboxylic acid groups (broad SMARTS) is 1. The van der Waals surface area contributed by atoms with Crippen molar-refractivity contribution in [3.63, 3.8) is 0 Å². The van der Waals surface area contributed by atoms with Gasteiger partial charge in [-0.1, -0.05) is 56.3 Å². The molecule has 1 fully saturated rings. The highest BCUT2D eigenvalue weighted by molar-refractivity contribution is 7.89. The fraction of sp³-hybridized carbons (Fsp3) is 0.500. The molecule has 0 aliphatic carbocycles. The summed E-state index contributed by atoms with van der Waals surface area (Å²) in [6, 6.07) is 15.6. The normalized spacial score (nSPS) is 14.8. The van der Waals surface area contributed by atoms with E-state index >= 15 is 0 Å². The first kappa shape index (κ1) is 35.5. The maximum absolute atomic E-state index is 13.7. The number of aliphatic carboxylic acids is 1. The number of sulfonamides is 1. The number of carboxylic acids is 1. The SMILES string of the molecule is CC(C)(c1ccccc1)c1cccc(S(=O)(=O)N[C@@H](CCCNC(=N)N)C(=O)N2CCC(CCOC(=O)CCC(=O)O)CC2)c1. The molecule has 1 heterocycles. The average Bonchev–Trinajstić information content (AvgIpc) is 3.02. The van der Waals surface area contributed by atoms with Crippen molar-refractivity contribution in [3.05, 3.63) is 65.7 Å². The summed E-state index contributed by atoms with van der Waals surface area (Å²) in [4.78, 5) is 37.7. The van der Waals surface area contributed by atoms with E-state index < -0.39 is 33.4 Å². The van der Waals surface area contributed by atoms with E-state index in [9.17, 15) is 22.8 Å². The van der Waals surface area contributed by atoms with E-state index in [0.29, 0.717) is 45.3 Å². The number of carbonyl (C=O) groups is 3. The fourth-order valence-corrected chi connectivity index (χ4v) is 6.64. The van der Waals surface area contributed by atoms with Gasteiger partial charge in [-0.2, -0.15) is 4.72 Å². The average molecular weight is 644 g/mol. The quantitative estimate of drug-likeness (QED) is 0.0792. The number of carbonyl (C=O) groups excluding carboxylic acids is 2. The summed E-state index contributed by atoms with van der Waals surface area (Å²) in [5.74, 6) is -1.91. The predicted octanol–water partition coefficient (Wildman–Crippen LogP) is 2.96. The zero-order valence-corrected chi connectivity index (χ0v) is 26.8. The van der Waals surface area contributed by atoms with Gasteiger partial charge in [-0.3, -0.25) is 19.8 Å². The number of nitrogens with zero attached hydrogens (tertiary/aromatic N) is 1. The van der Waals surface area contributed by atoms with Gasteiger partial charge in [0.15, 0.2) is 5.96 Å². The summed E-state index contributed by atoms with van der Waals surface area (Å²) in [6.07, 6.45) is 2.11. The number of benzene rings is 2. The van der Waals surface area contributed by atoms with Gasteiger partial charge in [0, 0.05) is 25.0 Å². The van der Waals surface area contributed by atoms with Crippen LogP contribution in [0.4, 0.5) is 0 Å². The van der Waals surface area contributed by atoms with Crippen molar-refractivity contribution in [2.75, 3.05) is 26.2 Å². The molecular formula is C32H45N5O7S. The van der Waals surface area contributed by atoms with E-state index in [-0.39, 0.29) is 48.5 Å². The molecule has 1 atom stereocenters. The highest BCUT2D eigenvalue weighted by Crippen LogP contribution is 2.32. The Kier molecular flexibility index (Phi) is 12.9. The molecule has 6 N–H and O–H groups in total. The van der Waals surface area contributed by atoms with Crippen LogP contribution in [0.2, 0.25) is 0 Å². The monoisotopic (exact) mass is 643 g/mol. The Morgan fingerprint density at radius 1 is 1.07 bits per heavy atom. The Morgan fingerprint density at radius 3 is 2.38 bits per heavy atom. The zero-order chi connectivity index (χ0) is 33.0. The smallest absolute Gasteiger partial charge is 0.306 e. The molecule has 0 radical (unpaired) electrons. The molecule has 12 nitrogen and oxygen atoms in total. The Hall–Kier alpha value is -3.97. The van der Waals surface area contributed by atoms with Crippen LogP contribution in [0.5, 0.6) is 0 Å². The molecule has 0 saturated carbocycles. The summed E-state index contributed by atoms with van der Waals surface area (Å²) in [5.41, 5.74) is 6.78. The van der Waals surface area contributed by atoms with Crippen molar-refractivity contribution in [2.45, 2.75) is 75.1 Å². The van der Waals surface area contributed by atoms with Crippen LogP contribution in [-0.4, -0.2) is 74.5 Å². The molecular weight excluding hydrogens is 598 g/mol. The lowest BCUT2D eigenvalue weighted by atomic mass is 9.78. The number of esters is 1. The van der Waals surface area contributed by atoms with Crippen LogP contribution in [0.25, 0.3) is 0 Å². The molecule has 0 aromatic heterocycles. The second-order valence-corrected chi connectivity index (χ2v) is 13.6. The number of piperidine rings is 1. The lowest BCUT2D eigenvalue weighted by Gasteiger charge is -2.34. The maximum Gasteiger partial charge on any atom is 0.306 e. The van der Waals surface area contributed by atoms with Crippen LogP contribution in [0.15, 0.2) is 59.5 Å². The number of nitrogens with two attached hydrogens (primary N) is 1. The van der Waals surface area contributed by atoms with Crippen LogP contribution < -0.4 is 15.8 Å². The third-order valence-corrected chi connectivity index (χ3v) is 9.67. The first-order valence-corrected chi connectivity index (χ1v) is 16.7. The standard InChI is InChI=1S/C32H45N5O7S/c1-32(2,24-8-4-3-5-9-24)25-10-6-11-26(22-25)45(42,43)36-27(12-7-18-35-31(33)34)30(41)37-19-15-23(16-20-37)17-21-44-29(40)14-13-28(38)39/h3-6,8-11,22-23,27,36H,7,12-21H2,1-2H3,(H,38,39)(H4,33,34,35)/t27-/m0/s1. The molecule has 0 spiro atoms.